The monoisotopic (exact) mass is 386 g/mol. The Balaban J connectivity index is 1.91. The van der Waals surface area contributed by atoms with Crippen LogP contribution in [0.3, 0.4) is 0 Å². The quantitative estimate of drug-likeness (QED) is 0.853. The van der Waals surface area contributed by atoms with E-state index in [4.69, 9.17) is 0 Å². The van der Waals surface area contributed by atoms with Gasteiger partial charge in [-0.05, 0) is 69.0 Å². The van der Waals surface area contributed by atoms with Crippen LogP contribution in [0.2, 0.25) is 0 Å². The molecule has 144 valence electrons. The third-order valence-electron chi connectivity index (χ3n) is 4.99. The van der Waals surface area contributed by atoms with Gasteiger partial charge in [-0.1, -0.05) is 24.6 Å². The van der Waals surface area contributed by atoms with Crippen molar-refractivity contribution in [3.8, 4) is 0 Å². The predicted molar refractivity (Wildman–Crippen MR) is 108 cm³/mol. The first-order valence-electron chi connectivity index (χ1n) is 9.35. The van der Waals surface area contributed by atoms with Crippen LogP contribution in [-0.4, -0.2) is 26.9 Å². The lowest BCUT2D eigenvalue weighted by Gasteiger charge is -2.30. The number of benzene rings is 2. The molecule has 0 bridgehead atoms. The fourth-order valence-corrected chi connectivity index (χ4v) is 4.60. The van der Waals surface area contributed by atoms with Gasteiger partial charge in [-0.3, -0.25) is 4.79 Å². The maximum atomic E-state index is 12.9. The number of sulfonamides is 1. The molecule has 1 heterocycles. The molecule has 27 heavy (non-hydrogen) atoms. The predicted octanol–water partition coefficient (Wildman–Crippen LogP) is 3.66. The molecule has 0 saturated carbocycles. The first-order chi connectivity index (χ1) is 12.8. The van der Waals surface area contributed by atoms with E-state index in [0.29, 0.717) is 12.1 Å². The van der Waals surface area contributed by atoms with Crippen LogP contribution < -0.4 is 9.62 Å². The van der Waals surface area contributed by atoms with Gasteiger partial charge < -0.3 is 4.90 Å². The number of carbonyl (C=O) groups is 1. The van der Waals surface area contributed by atoms with Crippen LogP contribution in [0.25, 0.3) is 0 Å². The Morgan fingerprint density at radius 1 is 1.19 bits per heavy atom. The first kappa shape index (κ1) is 19.6. The molecule has 2 aromatic carbocycles. The number of amides is 1. The van der Waals surface area contributed by atoms with Crippen LogP contribution in [-0.2, 0) is 16.4 Å². The zero-order valence-corrected chi connectivity index (χ0v) is 16.8. The maximum absolute atomic E-state index is 12.9. The minimum atomic E-state index is -3.55. The summed E-state index contributed by atoms with van der Waals surface area (Å²) in [5, 5.41) is 0. The summed E-state index contributed by atoms with van der Waals surface area (Å²) in [5.41, 5.74) is 3.45. The molecule has 1 unspecified atom stereocenters. The fourth-order valence-electron chi connectivity index (χ4n) is 3.22. The highest BCUT2D eigenvalue weighted by molar-refractivity contribution is 7.89. The van der Waals surface area contributed by atoms with E-state index in [-0.39, 0.29) is 16.8 Å². The molecule has 3 rings (SSSR count). The lowest BCUT2D eigenvalue weighted by Crippen LogP contribution is -2.36. The highest BCUT2D eigenvalue weighted by Gasteiger charge is 2.26. The minimum Gasteiger partial charge on any atom is -0.308 e. The van der Waals surface area contributed by atoms with Crippen molar-refractivity contribution < 1.29 is 13.2 Å². The van der Waals surface area contributed by atoms with Crippen LogP contribution in [0.4, 0.5) is 5.69 Å². The number of hydrogen-bond donors (Lipinski definition) is 1. The van der Waals surface area contributed by atoms with Crippen molar-refractivity contribution in [2.75, 3.05) is 11.4 Å². The molecule has 1 aliphatic rings. The third-order valence-corrected chi connectivity index (χ3v) is 6.58. The van der Waals surface area contributed by atoms with Crippen molar-refractivity contribution in [3.05, 3.63) is 59.2 Å². The van der Waals surface area contributed by atoms with Gasteiger partial charge in [-0.2, -0.15) is 0 Å². The lowest BCUT2D eigenvalue weighted by molar-refractivity contribution is 0.0985. The zero-order valence-electron chi connectivity index (χ0n) is 16.0. The number of hydrogen-bond acceptors (Lipinski definition) is 3. The molecule has 0 fully saturated rings. The first-order valence-corrected chi connectivity index (χ1v) is 10.8. The van der Waals surface area contributed by atoms with Crippen LogP contribution in [0.1, 0.15) is 48.2 Å². The second-order valence-electron chi connectivity index (χ2n) is 7.15. The van der Waals surface area contributed by atoms with Gasteiger partial charge in [0.05, 0.1) is 4.90 Å². The molecular weight excluding hydrogens is 360 g/mol. The van der Waals surface area contributed by atoms with Gasteiger partial charge in [0, 0.05) is 23.8 Å². The van der Waals surface area contributed by atoms with Crippen molar-refractivity contribution >= 4 is 21.6 Å². The molecule has 0 saturated heterocycles. The Kier molecular flexibility index (Phi) is 5.67. The second-order valence-corrected chi connectivity index (χ2v) is 8.86. The summed E-state index contributed by atoms with van der Waals surface area (Å²) in [7, 11) is -3.55. The number of nitrogens with one attached hydrogen (secondary N) is 1. The average Bonchev–Trinajstić information content (AvgIpc) is 2.66. The van der Waals surface area contributed by atoms with E-state index in [1.54, 1.807) is 23.1 Å². The normalized spacial score (nSPS) is 15.3. The van der Waals surface area contributed by atoms with E-state index in [9.17, 15) is 13.2 Å². The van der Waals surface area contributed by atoms with E-state index in [1.165, 1.54) is 0 Å². The van der Waals surface area contributed by atoms with Gasteiger partial charge in [-0.15, -0.1) is 0 Å². The number of rotatable bonds is 5. The highest BCUT2D eigenvalue weighted by atomic mass is 32.2. The molecule has 0 spiro atoms. The number of anilines is 1. The van der Waals surface area contributed by atoms with E-state index >= 15 is 0 Å². The van der Waals surface area contributed by atoms with Crippen molar-refractivity contribution in [3.63, 3.8) is 0 Å². The topological polar surface area (TPSA) is 66.5 Å². The Hall–Kier alpha value is -2.18. The maximum Gasteiger partial charge on any atom is 0.258 e. The van der Waals surface area contributed by atoms with Crippen molar-refractivity contribution in [2.24, 2.45) is 0 Å². The van der Waals surface area contributed by atoms with E-state index < -0.39 is 10.0 Å². The number of carbonyl (C=O) groups excluding carboxylic acids is 1. The van der Waals surface area contributed by atoms with Gasteiger partial charge in [-0.25, -0.2) is 13.1 Å². The standard InChI is InChI=1S/C21H26N2O3S/c1-4-16(3)22-27(25,26)19-11-12-20-18(14-19)6-5-13-23(20)21(24)17-9-7-15(2)8-10-17/h7-12,14,16,22H,4-6,13H2,1-3H3. The molecule has 0 radical (unpaired) electrons. The van der Waals surface area contributed by atoms with Crippen LogP contribution in [0.5, 0.6) is 0 Å². The number of aryl methyl sites for hydroxylation is 2. The summed E-state index contributed by atoms with van der Waals surface area (Å²) < 4.78 is 27.8. The second kappa shape index (κ2) is 7.82. The van der Waals surface area contributed by atoms with Crippen molar-refractivity contribution in [1.82, 2.24) is 4.72 Å². The fraction of sp³-hybridized carbons (Fsp3) is 0.381. The molecule has 5 nitrogen and oxygen atoms in total. The van der Waals surface area contributed by atoms with Crippen LogP contribution >= 0.6 is 0 Å². The molecule has 1 aliphatic heterocycles. The average molecular weight is 387 g/mol. The highest BCUT2D eigenvalue weighted by Crippen LogP contribution is 2.30. The smallest absolute Gasteiger partial charge is 0.258 e. The van der Waals surface area contributed by atoms with Gasteiger partial charge >= 0.3 is 0 Å². The summed E-state index contributed by atoms with van der Waals surface area (Å²) in [5.74, 6) is -0.0516. The molecular formula is C21H26N2O3S. The van der Waals surface area contributed by atoms with E-state index in [0.717, 1.165) is 36.1 Å². The summed E-state index contributed by atoms with van der Waals surface area (Å²) in [4.78, 5) is 14.9. The van der Waals surface area contributed by atoms with E-state index in [2.05, 4.69) is 4.72 Å². The van der Waals surface area contributed by atoms with Gasteiger partial charge in [0.2, 0.25) is 10.0 Å². The van der Waals surface area contributed by atoms with Crippen molar-refractivity contribution in [1.29, 1.82) is 0 Å². The molecule has 6 heteroatoms. The Labute approximate surface area is 161 Å². The summed E-state index contributed by atoms with van der Waals surface area (Å²) in [6.45, 7) is 6.41. The van der Waals surface area contributed by atoms with Crippen molar-refractivity contribution in [2.45, 2.75) is 51.0 Å². The van der Waals surface area contributed by atoms with Gasteiger partial charge in [0.25, 0.3) is 5.91 Å². The Morgan fingerprint density at radius 3 is 2.56 bits per heavy atom. The third kappa shape index (κ3) is 4.22. The molecule has 1 atom stereocenters. The van der Waals surface area contributed by atoms with Crippen LogP contribution in [0, 0.1) is 6.92 Å². The minimum absolute atomic E-state index is 0.0516. The van der Waals surface area contributed by atoms with Crippen LogP contribution in [0.15, 0.2) is 47.4 Å². The molecule has 0 aromatic heterocycles. The molecule has 2 aromatic rings. The lowest BCUT2D eigenvalue weighted by atomic mass is 10.0. The number of fused-ring (bicyclic) bond motifs is 1. The summed E-state index contributed by atoms with van der Waals surface area (Å²) in [6, 6.07) is 12.4. The van der Waals surface area contributed by atoms with E-state index in [1.807, 2.05) is 45.0 Å². The largest absolute Gasteiger partial charge is 0.308 e. The Bertz CT molecular complexity index is 936. The Morgan fingerprint density at radius 2 is 1.89 bits per heavy atom. The molecule has 1 amide bonds. The summed E-state index contributed by atoms with van der Waals surface area (Å²) in [6.07, 6.45) is 2.30. The van der Waals surface area contributed by atoms with Gasteiger partial charge in [0.15, 0.2) is 0 Å². The number of nitrogens with zero attached hydrogens (tertiary/aromatic N) is 1. The molecule has 1 N–H and O–H groups in total. The zero-order chi connectivity index (χ0) is 19.6. The SMILES string of the molecule is CCC(C)NS(=O)(=O)c1ccc2c(c1)CCCN2C(=O)c1ccc(C)cc1. The van der Waals surface area contributed by atoms with Gasteiger partial charge in [0.1, 0.15) is 0 Å². The molecule has 0 aliphatic carbocycles. The summed E-state index contributed by atoms with van der Waals surface area (Å²) >= 11 is 0.